The summed E-state index contributed by atoms with van der Waals surface area (Å²) < 4.78 is 26.8. The number of halogens is 2. The van der Waals surface area contributed by atoms with Gasteiger partial charge < -0.3 is 5.73 Å². The molecule has 0 aliphatic carbocycles. The highest BCUT2D eigenvalue weighted by atomic mass is 35.5. The van der Waals surface area contributed by atoms with Crippen LogP contribution in [0.25, 0.3) is 0 Å². The Morgan fingerprint density at radius 1 is 1.40 bits per heavy atom. The first-order valence-corrected chi connectivity index (χ1v) is 8.77. The summed E-state index contributed by atoms with van der Waals surface area (Å²) in [6.07, 6.45) is 1.86. The summed E-state index contributed by atoms with van der Waals surface area (Å²) in [6, 6.07) is 3.00. The van der Waals surface area contributed by atoms with Crippen LogP contribution in [0.4, 0.5) is 0 Å². The van der Waals surface area contributed by atoms with Gasteiger partial charge in [0.25, 0.3) is 0 Å². The van der Waals surface area contributed by atoms with Crippen molar-refractivity contribution in [1.82, 2.24) is 4.31 Å². The SMILES string of the molecule is CCC1CCN(S(=O)(=O)c2cc(Cl)cc(CN)c2Cl)C1. The van der Waals surface area contributed by atoms with Crippen LogP contribution in [0.2, 0.25) is 10.0 Å². The predicted octanol–water partition coefficient (Wildman–Crippen LogP) is 2.87. The number of benzene rings is 1. The molecule has 2 N–H and O–H groups in total. The van der Waals surface area contributed by atoms with Gasteiger partial charge in [-0.1, -0.05) is 36.5 Å². The summed E-state index contributed by atoms with van der Waals surface area (Å²) >= 11 is 12.1. The fourth-order valence-electron chi connectivity index (χ4n) is 2.44. The van der Waals surface area contributed by atoms with Crippen molar-refractivity contribution in [2.75, 3.05) is 13.1 Å². The molecule has 0 radical (unpaired) electrons. The molecule has 2 rings (SSSR count). The van der Waals surface area contributed by atoms with E-state index in [4.69, 9.17) is 28.9 Å². The monoisotopic (exact) mass is 336 g/mol. The highest BCUT2D eigenvalue weighted by molar-refractivity contribution is 7.89. The zero-order chi connectivity index (χ0) is 14.9. The lowest BCUT2D eigenvalue weighted by Gasteiger charge is -2.18. The Morgan fingerprint density at radius 3 is 2.65 bits per heavy atom. The number of nitrogens with two attached hydrogens (primary N) is 1. The molecule has 112 valence electrons. The van der Waals surface area contributed by atoms with Crippen LogP contribution in [0.1, 0.15) is 25.3 Å². The molecule has 1 aliphatic rings. The maximum Gasteiger partial charge on any atom is 0.244 e. The number of rotatable bonds is 4. The predicted molar refractivity (Wildman–Crippen MR) is 81.5 cm³/mol. The van der Waals surface area contributed by atoms with Crippen molar-refractivity contribution in [3.8, 4) is 0 Å². The van der Waals surface area contributed by atoms with Crippen molar-refractivity contribution >= 4 is 33.2 Å². The first kappa shape index (κ1) is 16.0. The molecule has 0 amide bonds. The van der Waals surface area contributed by atoms with Gasteiger partial charge in [0.15, 0.2) is 0 Å². The Bertz CT molecular complexity index is 605. The van der Waals surface area contributed by atoms with E-state index in [0.29, 0.717) is 29.6 Å². The number of hydrogen-bond donors (Lipinski definition) is 1. The molecule has 1 fully saturated rings. The number of hydrogen-bond acceptors (Lipinski definition) is 3. The van der Waals surface area contributed by atoms with Gasteiger partial charge in [-0.2, -0.15) is 4.31 Å². The molecule has 0 saturated carbocycles. The van der Waals surface area contributed by atoms with Crippen molar-refractivity contribution < 1.29 is 8.42 Å². The maximum absolute atomic E-state index is 12.7. The summed E-state index contributed by atoms with van der Waals surface area (Å²) in [7, 11) is -3.61. The van der Waals surface area contributed by atoms with Crippen molar-refractivity contribution in [2.24, 2.45) is 11.7 Å². The molecule has 1 aromatic rings. The van der Waals surface area contributed by atoms with Crippen molar-refractivity contribution in [3.05, 3.63) is 27.7 Å². The molecule has 0 bridgehead atoms. The minimum atomic E-state index is -3.61. The minimum absolute atomic E-state index is 0.0591. The van der Waals surface area contributed by atoms with Gasteiger partial charge in [-0.3, -0.25) is 0 Å². The van der Waals surface area contributed by atoms with Gasteiger partial charge in [0.1, 0.15) is 4.90 Å². The Kier molecular flexibility index (Phi) is 4.97. The summed E-state index contributed by atoms with van der Waals surface area (Å²) in [5.41, 5.74) is 6.12. The van der Waals surface area contributed by atoms with Crippen molar-refractivity contribution in [2.45, 2.75) is 31.2 Å². The van der Waals surface area contributed by atoms with E-state index in [9.17, 15) is 8.42 Å². The first-order valence-electron chi connectivity index (χ1n) is 6.58. The third-order valence-electron chi connectivity index (χ3n) is 3.74. The van der Waals surface area contributed by atoms with E-state index in [1.54, 1.807) is 6.07 Å². The molecular weight excluding hydrogens is 319 g/mol. The van der Waals surface area contributed by atoms with E-state index in [2.05, 4.69) is 6.92 Å². The van der Waals surface area contributed by atoms with Gasteiger partial charge in [0.05, 0.1) is 5.02 Å². The standard InChI is InChI=1S/C13H18Cl2N2O2S/c1-2-9-3-4-17(8-9)20(18,19)12-6-11(14)5-10(7-16)13(12)15/h5-6,9H,2-4,7-8,16H2,1H3. The average molecular weight is 337 g/mol. The molecular formula is C13H18Cl2N2O2S. The first-order chi connectivity index (χ1) is 9.40. The highest BCUT2D eigenvalue weighted by Gasteiger charge is 2.33. The summed E-state index contributed by atoms with van der Waals surface area (Å²) in [5.74, 6) is 0.414. The highest BCUT2D eigenvalue weighted by Crippen LogP contribution is 2.33. The van der Waals surface area contributed by atoms with Crippen LogP contribution in [0.5, 0.6) is 0 Å². The largest absolute Gasteiger partial charge is 0.326 e. The summed E-state index contributed by atoms with van der Waals surface area (Å²) in [5, 5.41) is 0.511. The van der Waals surface area contributed by atoms with Crippen LogP contribution in [0.3, 0.4) is 0 Å². The van der Waals surface area contributed by atoms with Crippen LogP contribution in [0, 0.1) is 5.92 Å². The Balaban J connectivity index is 2.42. The van der Waals surface area contributed by atoms with Gasteiger partial charge in [-0.05, 0) is 30.0 Å². The average Bonchev–Trinajstić information content (AvgIpc) is 2.90. The van der Waals surface area contributed by atoms with Crippen molar-refractivity contribution in [1.29, 1.82) is 0 Å². The van der Waals surface area contributed by atoms with E-state index in [0.717, 1.165) is 12.8 Å². The molecule has 0 spiro atoms. The second kappa shape index (κ2) is 6.20. The Morgan fingerprint density at radius 2 is 2.10 bits per heavy atom. The van der Waals surface area contributed by atoms with Gasteiger partial charge in [0, 0.05) is 24.7 Å². The van der Waals surface area contributed by atoms with Crippen LogP contribution in [-0.4, -0.2) is 25.8 Å². The van der Waals surface area contributed by atoms with E-state index in [-0.39, 0.29) is 16.5 Å². The maximum atomic E-state index is 12.7. The molecule has 1 heterocycles. The fourth-order valence-corrected chi connectivity index (χ4v) is 4.89. The molecule has 1 aromatic carbocycles. The van der Waals surface area contributed by atoms with Crippen LogP contribution >= 0.6 is 23.2 Å². The van der Waals surface area contributed by atoms with E-state index >= 15 is 0 Å². The topological polar surface area (TPSA) is 63.4 Å². The van der Waals surface area contributed by atoms with Crippen LogP contribution in [0.15, 0.2) is 17.0 Å². The minimum Gasteiger partial charge on any atom is -0.326 e. The molecule has 7 heteroatoms. The Labute approximate surface area is 129 Å². The van der Waals surface area contributed by atoms with Gasteiger partial charge >= 0.3 is 0 Å². The van der Waals surface area contributed by atoms with E-state index < -0.39 is 10.0 Å². The molecule has 1 aliphatic heterocycles. The lowest BCUT2D eigenvalue weighted by molar-refractivity contribution is 0.453. The third kappa shape index (κ3) is 2.97. The molecule has 1 saturated heterocycles. The quantitative estimate of drug-likeness (QED) is 0.919. The van der Waals surface area contributed by atoms with Crippen LogP contribution in [-0.2, 0) is 16.6 Å². The van der Waals surface area contributed by atoms with E-state index in [1.807, 2.05) is 0 Å². The molecule has 1 atom stereocenters. The van der Waals surface area contributed by atoms with Crippen LogP contribution < -0.4 is 5.73 Å². The summed E-state index contributed by atoms with van der Waals surface area (Å²) in [6.45, 7) is 3.29. The zero-order valence-corrected chi connectivity index (χ0v) is 13.6. The zero-order valence-electron chi connectivity index (χ0n) is 11.3. The normalized spacial score (nSPS) is 20.5. The second-order valence-corrected chi connectivity index (χ2v) is 7.73. The van der Waals surface area contributed by atoms with Crippen molar-refractivity contribution in [3.63, 3.8) is 0 Å². The molecule has 20 heavy (non-hydrogen) atoms. The summed E-state index contributed by atoms with van der Waals surface area (Å²) in [4.78, 5) is 0.0591. The smallest absolute Gasteiger partial charge is 0.244 e. The number of sulfonamides is 1. The Hall–Kier alpha value is -0.330. The third-order valence-corrected chi connectivity index (χ3v) is 6.41. The van der Waals surface area contributed by atoms with Gasteiger partial charge in [0.2, 0.25) is 10.0 Å². The van der Waals surface area contributed by atoms with E-state index in [1.165, 1.54) is 10.4 Å². The lowest BCUT2D eigenvalue weighted by Crippen LogP contribution is -2.29. The molecule has 0 aromatic heterocycles. The molecule has 1 unspecified atom stereocenters. The van der Waals surface area contributed by atoms with Gasteiger partial charge in [-0.25, -0.2) is 8.42 Å². The fraction of sp³-hybridized carbons (Fsp3) is 0.538. The molecule has 4 nitrogen and oxygen atoms in total. The lowest BCUT2D eigenvalue weighted by atomic mass is 10.1. The van der Waals surface area contributed by atoms with Gasteiger partial charge in [-0.15, -0.1) is 0 Å². The number of nitrogens with zero attached hydrogens (tertiary/aromatic N) is 1. The second-order valence-electron chi connectivity index (χ2n) is 5.01.